The number of anilines is 2. The average Bonchev–Trinajstić information content (AvgIpc) is 3.21. The fourth-order valence-corrected chi connectivity index (χ4v) is 5.12. The standard InChI is InChI=1S/C26H34FN5/c1-5-18-9-12-32(16-18)24-14-22(19-7-8-26(30(4)17-19)31-10-6-11-31)28-23-15-25(29(2)3)21(27)13-20(23)24/h7-8,13-15,18H,5-6,9-12,16-17H2,1-4H3. The summed E-state index contributed by atoms with van der Waals surface area (Å²) in [6.07, 6.45) is 8.10. The van der Waals surface area contributed by atoms with Crippen molar-refractivity contribution < 1.29 is 4.39 Å². The van der Waals surface area contributed by atoms with Crippen LogP contribution in [0, 0.1) is 11.7 Å². The second kappa shape index (κ2) is 8.30. The van der Waals surface area contributed by atoms with Gasteiger partial charge in [-0.3, -0.25) is 0 Å². The van der Waals surface area contributed by atoms with Crippen LogP contribution in [0.3, 0.4) is 0 Å². The summed E-state index contributed by atoms with van der Waals surface area (Å²) in [5.41, 5.74) is 4.77. The van der Waals surface area contributed by atoms with Crippen LogP contribution in [-0.2, 0) is 0 Å². The highest BCUT2D eigenvalue weighted by Crippen LogP contribution is 2.37. The Morgan fingerprint density at radius 1 is 1.09 bits per heavy atom. The van der Waals surface area contributed by atoms with Crippen molar-refractivity contribution >= 4 is 27.9 Å². The number of halogens is 1. The molecule has 170 valence electrons. The van der Waals surface area contributed by atoms with E-state index in [-0.39, 0.29) is 5.82 Å². The predicted octanol–water partition coefficient (Wildman–Crippen LogP) is 4.55. The first-order chi connectivity index (χ1) is 15.4. The first-order valence-corrected chi connectivity index (χ1v) is 11.9. The van der Waals surface area contributed by atoms with E-state index in [1.54, 1.807) is 6.07 Å². The molecule has 2 aromatic rings. The molecule has 3 aliphatic rings. The summed E-state index contributed by atoms with van der Waals surface area (Å²) in [6, 6.07) is 5.77. The monoisotopic (exact) mass is 435 g/mol. The molecule has 5 nitrogen and oxygen atoms in total. The molecule has 0 bridgehead atoms. The number of nitrogens with zero attached hydrogens (tertiary/aromatic N) is 5. The fraction of sp³-hybridized carbons (Fsp3) is 0.500. The van der Waals surface area contributed by atoms with Gasteiger partial charge in [0.15, 0.2) is 0 Å². The van der Waals surface area contributed by atoms with E-state index < -0.39 is 0 Å². The van der Waals surface area contributed by atoms with E-state index in [1.165, 1.54) is 30.7 Å². The molecule has 0 saturated carbocycles. The molecule has 1 aromatic heterocycles. The molecule has 0 spiro atoms. The molecule has 3 aliphatic heterocycles. The lowest BCUT2D eigenvalue weighted by Gasteiger charge is -2.41. The normalized spacial score (nSPS) is 21.0. The average molecular weight is 436 g/mol. The summed E-state index contributed by atoms with van der Waals surface area (Å²) >= 11 is 0. The third kappa shape index (κ3) is 3.70. The Labute approximate surface area is 190 Å². The molecule has 0 radical (unpaired) electrons. The highest BCUT2D eigenvalue weighted by atomic mass is 19.1. The van der Waals surface area contributed by atoms with Gasteiger partial charge < -0.3 is 19.6 Å². The molecular formula is C26H34FN5. The Hall–Kier alpha value is -2.76. The number of fused-ring (bicyclic) bond motifs is 1. The van der Waals surface area contributed by atoms with Crippen molar-refractivity contribution in [1.29, 1.82) is 0 Å². The van der Waals surface area contributed by atoms with Crippen molar-refractivity contribution in [2.75, 3.05) is 63.7 Å². The smallest absolute Gasteiger partial charge is 0.147 e. The minimum Gasteiger partial charge on any atom is -0.375 e. The van der Waals surface area contributed by atoms with Gasteiger partial charge in [-0.1, -0.05) is 19.4 Å². The minimum atomic E-state index is -0.191. The van der Waals surface area contributed by atoms with Crippen LogP contribution in [0.15, 0.2) is 36.2 Å². The third-order valence-electron chi connectivity index (χ3n) is 7.28. The molecule has 0 aliphatic carbocycles. The number of hydrogen-bond acceptors (Lipinski definition) is 5. The van der Waals surface area contributed by atoms with Crippen molar-refractivity contribution in [1.82, 2.24) is 14.8 Å². The van der Waals surface area contributed by atoms with E-state index in [9.17, 15) is 4.39 Å². The van der Waals surface area contributed by atoms with Crippen molar-refractivity contribution in [3.8, 4) is 0 Å². The first-order valence-electron chi connectivity index (χ1n) is 11.9. The number of benzene rings is 1. The molecule has 5 rings (SSSR count). The van der Waals surface area contributed by atoms with Crippen LogP contribution in [0.25, 0.3) is 16.5 Å². The molecule has 4 heterocycles. The van der Waals surface area contributed by atoms with E-state index in [0.29, 0.717) is 11.6 Å². The maximum atomic E-state index is 14.9. The van der Waals surface area contributed by atoms with Crippen LogP contribution < -0.4 is 9.80 Å². The van der Waals surface area contributed by atoms with Gasteiger partial charge >= 0.3 is 0 Å². The summed E-state index contributed by atoms with van der Waals surface area (Å²) in [5, 5.41) is 0.912. The van der Waals surface area contributed by atoms with Gasteiger partial charge in [0.2, 0.25) is 0 Å². The molecule has 1 unspecified atom stereocenters. The van der Waals surface area contributed by atoms with Crippen LogP contribution >= 0.6 is 0 Å². The Morgan fingerprint density at radius 3 is 2.53 bits per heavy atom. The topological polar surface area (TPSA) is 25.9 Å². The Morgan fingerprint density at radius 2 is 1.91 bits per heavy atom. The lowest BCUT2D eigenvalue weighted by Crippen LogP contribution is -2.43. The zero-order valence-corrected chi connectivity index (χ0v) is 19.7. The second-order valence-corrected chi connectivity index (χ2v) is 9.66. The second-order valence-electron chi connectivity index (χ2n) is 9.66. The van der Waals surface area contributed by atoms with Gasteiger partial charge in [-0.25, -0.2) is 9.37 Å². The molecule has 1 aromatic carbocycles. The van der Waals surface area contributed by atoms with Gasteiger partial charge in [-0.05, 0) is 48.6 Å². The van der Waals surface area contributed by atoms with Crippen LogP contribution in [0.1, 0.15) is 31.9 Å². The summed E-state index contributed by atoms with van der Waals surface area (Å²) in [5.74, 6) is 1.81. The number of likely N-dealkylation sites (N-methyl/N-ethyl adjacent to an activating group) is 1. The zero-order valence-electron chi connectivity index (χ0n) is 19.7. The van der Waals surface area contributed by atoms with E-state index in [0.717, 1.165) is 55.0 Å². The van der Waals surface area contributed by atoms with Gasteiger partial charge in [0.1, 0.15) is 11.6 Å². The van der Waals surface area contributed by atoms with E-state index in [1.807, 2.05) is 25.1 Å². The summed E-state index contributed by atoms with van der Waals surface area (Å²) in [6.45, 7) is 7.43. The zero-order chi connectivity index (χ0) is 22.4. The highest BCUT2D eigenvalue weighted by Gasteiger charge is 2.26. The minimum absolute atomic E-state index is 0.191. The van der Waals surface area contributed by atoms with Crippen LogP contribution in [-0.4, -0.2) is 68.7 Å². The predicted molar refractivity (Wildman–Crippen MR) is 132 cm³/mol. The number of aromatic nitrogens is 1. The fourth-order valence-electron chi connectivity index (χ4n) is 5.12. The van der Waals surface area contributed by atoms with Crippen molar-refractivity contribution in [2.45, 2.75) is 26.2 Å². The Bertz CT molecular complexity index is 1090. The number of hydrogen-bond donors (Lipinski definition) is 0. The van der Waals surface area contributed by atoms with Gasteiger partial charge in [0.05, 0.1) is 16.9 Å². The molecule has 0 amide bonds. The molecule has 2 fully saturated rings. The molecule has 2 saturated heterocycles. The molecular weight excluding hydrogens is 401 g/mol. The van der Waals surface area contributed by atoms with Crippen molar-refractivity contribution in [2.24, 2.45) is 5.92 Å². The van der Waals surface area contributed by atoms with Crippen LogP contribution in [0.2, 0.25) is 0 Å². The highest BCUT2D eigenvalue weighted by molar-refractivity contribution is 5.96. The van der Waals surface area contributed by atoms with Crippen LogP contribution in [0.4, 0.5) is 15.8 Å². The quantitative estimate of drug-likeness (QED) is 0.686. The number of rotatable bonds is 5. The molecule has 0 N–H and O–H groups in total. The van der Waals surface area contributed by atoms with Gasteiger partial charge in [0, 0.05) is 64.9 Å². The van der Waals surface area contributed by atoms with Crippen molar-refractivity contribution in [3.05, 3.63) is 47.7 Å². The van der Waals surface area contributed by atoms with E-state index >= 15 is 0 Å². The molecule has 6 heteroatoms. The third-order valence-corrected chi connectivity index (χ3v) is 7.28. The largest absolute Gasteiger partial charge is 0.375 e. The lowest BCUT2D eigenvalue weighted by atomic mass is 10.0. The van der Waals surface area contributed by atoms with Gasteiger partial charge in [-0.15, -0.1) is 0 Å². The summed E-state index contributed by atoms with van der Waals surface area (Å²) < 4.78 is 14.9. The van der Waals surface area contributed by atoms with Crippen molar-refractivity contribution in [3.63, 3.8) is 0 Å². The first kappa shape index (κ1) is 21.1. The van der Waals surface area contributed by atoms with E-state index in [2.05, 4.69) is 46.9 Å². The number of likely N-dealkylation sites (tertiary alicyclic amines) is 1. The Balaban J connectivity index is 1.60. The summed E-state index contributed by atoms with van der Waals surface area (Å²) in [4.78, 5) is 14.0. The molecule has 32 heavy (non-hydrogen) atoms. The number of pyridine rings is 1. The lowest BCUT2D eigenvalue weighted by molar-refractivity contribution is 0.174. The molecule has 1 atom stereocenters. The Kier molecular flexibility index (Phi) is 5.48. The SMILES string of the molecule is CCC1CCN(c2cc(C3=CC=C(N4CCC4)N(C)C3)nc3cc(N(C)C)c(F)cc23)C1. The maximum Gasteiger partial charge on any atom is 0.147 e. The van der Waals surface area contributed by atoms with Gasteiger partial charge in [0.25, 0.3) is 0 Å². The van der Waals surface area contributed by atoms with Crippen LogP contribution in [0.5, 0.6) is 0 Å². The van der Waals surface area contributed by atoms with Gasteiger partial charge in [-0.2, -0.15) is 0 Å². The maximum absolute atomic E-state index is 14.9. The van der Waals surface area contributed by atoms with E-state index in [4.69, 9.17) is 4.98 Å². The summed E-state index contributed by atoms with van der Waals surface area (Å²) in [7, 11) is 5.91. The number of allylic oxidation sites excluding steroid dienone is 2.